The fourth-order valence-corrected chi connectivity index (χ4v) is 3.17. The number of carbonyl (C=O) groups excluding carboxylic acids is 4. The highest BCUT2D eigenvalue weighted by molar-refractivity contribution is 5.80. The van der Waals surface area contributed by atoms with Crippen LogP contribution in [0, 0.1) is 0 Å². The van der Waals surface area contributed by atoms with E-state index in [1.807, 2.05) is 0 Å². The number of hydrogen-bond donors (Lipinski definition) is 0. The average molecular weight is 465 g/mol. The molecule has 0 N–H and O–H groups in total. The molecule has 1 aromatic carbocycles. The SMILES string of the molecule is COc1ccc(/C=N\C2C(OC(C)=O)[C@H](OC(C)=O)C(COC(C)=O)O[C@H]2OC(C)=O)cc1. The fourth-order valence-electron chi connectivity index (χ4n) is 3.17. The zero-order valence-electron chi connectivity index (χ0n) is 19.0. The average Bonchev–Trinajstić information content (AvgIpc) is 2.73. The maximum atomic E-state index is 11.9. The lowest BCUT2D eigenvalue weighted by molar-refractivity contribution is -0.266. The molecule has 1 heterocycles. The highest BCUT2D eigenvalue weighted by Gasteiger charge is 2.51. The number of benzene rings is 1. The molecule has 180 valence electrons. The predicted molar refractivity (Wildman–Crippen MR) is 113 cm³/mol. The first-order valence-corrected chi connectivity index (χ1v) is 10.1. The van der Waals surface area contributed by atoms with E-state index in [-0.39, 0.29) is 6.61 Å². The molecule has 0 bridgehead atoms. The molecule has 1 fully saturated rings. The van der Waals surface area contributed by atoms with Crippen molar-refractivity contribution in [3.05, 3.63) is 29.8 Å². The number of hydrogen-bond acceptors (Lipinski definition) is 11. The predicted octanol–water partition coefficient (Wildman–Crippen LogP) is 1.20. The number of aliphatic imine (C=N–C) groups is 1. The van der Waals surface area contributed by atoms with Crippen molar-refractivity contribution in [2.45, 2.75) is 58.3 Å². The van der Waals surface area contributed by atoms with E-state index in [1.54, 1.807) is 24.3 Å². The standard InChI is InChI=1S/C22H27NO10/c1-12(24)29-11-18-20(30-13(2)25)21(31-14(3)26)19(22(33-18)32-15(4)27)23-10-16-6-8-17(28-5)9-7-16/h6-10,18-22H,11H2,1-5H3/b23-10-/t18?,19?,20-,21?,22-/m1/s1. The number of methoxy groups -OCH3 is 1. The van der Waals surface area contributed by atoms with Gasteiger partial charge in [-0.2, -0.15) is 0 Å². The Morgan fingerprint density at radius 3 is 1.97 bits per heavy atom. The van der Waals surface area contributed by atoms with Gasteiger partial charge in [0.2, 0.25) is 6.29 Å². The van der Waals surface area contributed by atoms with Crippen molar-refractivity contribution in [3.63, 3.8) is 0 Å². The molecule has 0 aliphatic carbocycles. The Morgan fingerprint density at radius 1 is 0.879 bits per heavy atom. The van der Waals surface area contributed by atoms with Crippen LogP contribution in [0.2, 0.25) is 0 Å². The Bertz CT molecular complexity index is 882. The van der Waals surface area contributed by atoms with Crippen molar-refractivity contribution < 1.29 is 47.6 Å². The van der Waals surface area contributed by atoms with Crippen molar-refractivity contribution in [2.75, 3.05) is 13.7 Å². The monoisotopic (exact) mass is 465 g/mol. The summed E-state index contributed by atoms with van der Waals surface area (Å²) in [5.41, 5.74) is 0.671. The van der Waals surface area contributed by atoms with E-state index < -0.39 is 54.5 Å². The second-order valence-electron chi connectivity index (χ2n) is 7.14. The quantitative estimate of drug-likeness (QED) is 0.313. The van der Waals surface area contributed by atoms with E-state index in [0.29, 0.717) is 11.3 Å². The largest absolute Gasteiger partial charge is 0.497 e. The summed E-state index contributed by atoms with van der Waals surface area (Å²) in [7, 11) is 1.54. The minimum absolute atomic E-state index is 0.336. The maximum Gasteiger partial charge on any atom is 0.305 e. The molecule has 0 radical (unpaired) electrons. The molecule has 11 nitrogen and oxygen atoms in total. The molecule has 5 atom stereocenters. The van der Waals surface area contributed by atoms with Crippen LogP contribution in [-0.4, -0.2) is 74.5 Å². The Labute approximate surface area is 190 Å². The molecule has 0 spiro atoms. The lowest BCUT2D eigenvalue weighted by atomic mass is 9.96. The van der Waals surface area contributed by atoms with Crippen LogP contribution in [0.5, 0.6) is 5.75 Å². The summed E-state index contributed by atoms with van der Waals surface area (Å²) in [6.45, 7) is 4.37. The smallest absolute Gasteiger partial charge is 0.305 e. The van der Waals surface area contributed by atoms with E-state index in [2.05, 4.69) is 4.99 Å². The van der Waals surface area contributed by atoms with Gasteiger partial charge in [-0.1, -0.05) is 0 Å². The normalized spacial score (nSPS) is 24.6. The zero-order chi connectivity index (χ0) is 24.5. The third-order valence-electron chi connectivity index (χ3n) is 4.46. The zero-order valence-corrected chi connectivity index (χ0v) is 19.0. The van der Waals surface area contributed by atoms with Gasteiger partial charge in [-0.3, -0.25) is 24.2 Å². The van der Waals surface area contributed by atoms with E-state index in [9.17, 15) is 19.2 Å². The van der Waals surface area contributed by atoms with Gasteiger partial charge in [0.15, 0.2) is 18.2 Å². The van der Waals surface area contributed by atoms with Crippen molar-refractivity contribution in [3.8, 4) is 5.75 Å². The number of nitrogens with zero attached hydrogens (tertiary/aromatic N) is 1. The van der Waals surface area contributed by atoms with Crippen LogP contribution in [0.1, 0.15) is 33.3 Å². The third-order valence-corrected chi connectivity index (χ3v) is 4.46. The Hall–Kier alpha value is -3.47. The fraction of sp³-hybridized carbons (Fsp3) is 0.500. The van der Waals surface area contributed by atoms with Crippen molar-refractivity contribution in [1.29, 1.82) is 0 Å². The van der Waals surface area contributed by atoms with E-state index in [1.165, 1.54) is 41.0 Å². The number of esters is 4. The van der Waals surface area contributed by atoms with Gasteiger partial charge in [0.1, 0.15) is 18.5 Å². The summed E-state index contributed by atoms with van der Waals surface area (Å²) in [4.78, 5) is 51.1. The molecule has 1 aliphatic heterocycles. The Morgan fingerprint density at radius 2 is 1.45 bits per heavy atom. The molecule has 11 heteroatoms. The van der Waals surface area contributed by atoms with Crippen LogP contribution >= 0.6 is 0 Å². The lowest BCUT2D eigenvalue weighted by Crippen LogP contribution is -2.61. The van der Waals surface area contributed by atoms with E-state index >= 15 is 0 Å². The Kier molecular flexibility index (Phi) is 9.34. The third kappa shape index (κ3) is 7.86. The molecule has 1 aliphatic rings. The van der Waals surface area contributed by atoms with Gasteiger partial charge >= 0.3 is 23.9 Å². The molecular weight excluding hydrogens is 438 g/mol. The molecular formula is C22H27NO10. The molecule has 0 aromatic heterocycles. The summed E-state index contributed by atoms with van der Waals surface area (Å²) in [5, 5.41) is 0. The first-order valence-electron chi connectivity index (χ1n) is 10.1. The summed E-state index contributed by atoms with van der Waals surface area (Å²) >= 11 is 0. The summed E-state index contributed by atoms with van der Waals surface area (Å²) in [5.74, 6) is -2.00. The van der Waals surface area contributed by atoms with E-state index in [0.717, 1.165) is 0 Å². The summed E-state index contributed by atoms with van der Waals surface area (Å²) in [6, 6.07) is 5.84. The molecule has 3 unspecified atom stereocenters. The van der Waals surface area contributed by atoms with Gasteiger partial charge < -0.3 is 28.4 Å². The molecule has 1 aromatic rings. The maximum absolute atomic E-state index is 11.9. The van der Waals surface area contributed by atoms with Gasteiger partial charge in [0.25, 0.3) is 0 Å². The summed E-state index contributed by atoms with van der Waals surface area (Å²) < 4.78 is 32.0. The van der Waals surface area contributed by atoms with Gasteiger partial charge in [-0.25, -0.2) is 0 Å². The molecule has 0 amide bonds. The lowest BCUT2D eigenvalue weighted by Gasteiger charge is -2.42. The van der Waals surface area contributed by atoms with Crippen LogP contribution in [0.25, 0.3) is 0 Å². The van der Waals surface area contributed by atoms with Crippen LogP contribution in [0.15, 0.2) is 29.3 Å². The Balaban J connectivity index is 2.45. The second-order valence-corrected chi connectivity index (χ2v) is 7.14. The highest BCUT2D eigenvalue weighted by atomic mass is 16.7. The van der Waals surface area contributed by atoms with Crippen LogP contribution < -0.4 is 4.74 Å². The summed E-state index contributed by atoms with van der Waals surface area (Å²) in [6.07, 6.45) is -3.31. The molecule has 1 saturated heterocycles. The van der Waals surface area contributed by atoms with Crippen LogP contribution in [0.4, 0.5) is 0 Å². The van der Waals surface area contributed by atoms with Crippen molar-refractivity contribution in [1.82, 2.24) is 0 Å². The van der Waals surface area contributed by atoms with Gasteiger partial charge in [0, 0.05) is 33.9 Å². The van der Waals surface area contributed by atoms with Gasteiger partial charge in [-0.15, -0.1) is 0 Å². The van der Waals surface area contributed by atoms with Crippen LogP contribution in [0.3, 0.4) is 0 Å². The molecule has 0 saturated carbocycles. The first-order chi connectivity index (χ1) is 15.6. The second kappa shape index (κ2) is 12.0. The molecule has 33 heavy (non-hydrogen) atoms. The minimum Gasteiger partial charge on any atom is -0.497 e. The first kappa shape index (κ1) is 25.8. The van der Waals surface area contributed by atoms with Crippen molar-refractivity contribution >= 4 is 30.1 Å². The number of ether oxygens (including phenoxy) is 6. The number of carbonyl (C=O) groups is 4. The topological polar surface area (TPSA) is 136 Å². The van der Waals surface area contributed by atoms with E-state index in [4.69, 9.17) is 28.4 Å². The number of rotatable bonds is 8. The van der Waals surface area contributed by atoms with Crippen LogP contribution in [-0.2, 0) is 42.9 Å². The van der Waals surface area contributed by atoms with Gasteiger partial charge in [-0.05, 0) is 29.8 Å². The van der Waals surface area contributed by atoms with Crippen molar-refractivity contribution in [2.24, 2.45) is 4.99 Å². The minimum atomic E-state index is -1.31. The van der Waals surface area contributed by atoms with Gasteiger partial charge in [0.05, 0.1) is 7.11 Å². The molecule has 2 rings (SSSR count). The highest BCUT2D eigenvalue weighted by Crippen LogP contribution is 2.30.